The first kappa shape index (κ1) is 53.9. The molecule has 4 heteroatoms. The third-order valence-electron chi connectivity index (χ3n) is 12.1. The van der Waals surface area contributed by atoms with Crippen LogP contribution < -0.4 is 0 Å². The second kappa shape index (κ2) is 45.6. The SMILES string of the molecule is CCCCCCCCC(CCCCCC)C(=O)OCCCCCCCCCCCCCCCCCCCOC(=O)C(CCCCCC)CCCCCCCC. The van der Waals surface area contributed by atoms with Crippen molar-refractivity contribution in [2.75, 3.05) is 13.2 Å². The lowest BCUT2D eigenvalue weighted by atomic mass is 9.94. The van der Waals surface area contributed by atoms with Gasteiger partial charge in [-0.05, 0) is 38.5 Å². The standard InChI is InChI=1S/C51H100O4/c1-5-9-13-17-32-38-44-48(42-36-15-11-7-3)50(52)54-46-40-34-30-28-26-24-22-20-19-21-23-25-27-29-31-35-41-47-55-51(53)49(43-37-16-12-8-4)45-39-33-18-14-10-6-2/h48-49H,5-47H2,1-4H3. The monoisotopic (exact) mass is 777 g/mol. The van der Waals surface area contributed by atoms with Gasteiger partial charge < -0.3 is 9.47 Å². The van der Waals surface area contributed by atoms with Crippen LogP contribution in [0.25, 0.3) is 0 Å². The van der Waals surface area contributed by atoms with E-state index in [4.69, 9.17) is 9.47 Å². The Balaban J connectivity index is 3.70. The van der Waals surface area contributed by atoms with Gasteiger partial charge >= 0.3 is 11.9 Å². The summed E-state index contributed by atoms with van der Waals surface area (Å²) in [5.41, 5.74) is 0. The molecule has 0 aliphatic rings. The van der Waals surface area contributed by atoms with Gasteiger partial charge in [-0.25, -0.2) is 0 Å². The Labute approximate surface area is 346 Å². The number of hydrogen-bond acceptors (Lipinski definition) is 4. The van der Waals surface area contributed by atoms with Crippen molar-refractivity contribution in [3.63, 3.8) is 0 Å². The summed E-state index contributed by atoms with van der Waals surface area (Å²) in [4.78, 5) is 25.7. The molecular formula is C51H100O4. The summed E-state index contributed by atoms with van der Waals surface area (Å²) in [7, 11) is 0. The van der Waals surface area contributed by atoms with Crippen molar-refractivity contribution in [1.29, 1.82) is 0 Å². The first-order chi connectivity index (χ1) is 27.1. The summed E-state index contributed by atoms with van der Waals surface area (Å²) in [5, 5.41) is 0. The van der Waals surface area contributed by atoms with Gasteiger partial charge in [0.25, 0.3) is 0 Å². The Bertz CT molecular complexity index is 704. The van der Waals surface area contributed by atoms with E-state index in [-0.39, 0.29) is 23.8 Å². The highest BCUT2D eigenvalue weighted by Crippen LogP contribution is 2.23. The normalized spacial score (nSPS) is 12.6. The minimum absolute atomic E-state index is 0.0893. The molecule has 328 valence electrons. The number of rotatable bonds is 46. The first-order valence-electron chi connectivity index (χ1n) is 25.4. The van der Waals surface area contributed by atoms with Crippen LogP contribution in [0.3, 0.4) is 0 Å². The van der Waals surface area contributed by atoms with Gasteiger partial charge in [0.15, 0.2) is 0 Å². The molecule has 0 saturated heterocycles. The summed E-state index contributed by atoms with van der Waals surface area (Å²) in [6.07, 6.45) is 51.5. The van der Waals surface area contributed by atoms with Crippen molar-refractivity contribution in [1.82, 2.24) is 0 Å². The fraction of sp³-hybridized carbons (Fsp3) is 0.961. The van der Waals surface area contributed by atoms with Gasteiger partial charge in [-0.3, -0.25) is 9.59 Å². The third-order valence-corrected chi connectivity index (χ3v) is 12.1. The van der Waals surface area contributed by atoms with E-state index in [1.807, 2.05) is 0 Å². The Morgan fingerprint density at radius 3 is 0.691 bits per heavy atom. The van der Waals surface area contributed by atoms with E-state index in [1.54, 1.807) is 0 Å². The zero-order chi connectivity index (χ0) is 40.1. The van der Waals surface area contributed by atoms with Gasteiger partial charge in [0.1, 0.15) is 0 Å². The lowest BCUT2D eigenvalue weighted by molar-refractivity contribution is -0.150. The summed E-state index contributed by atoms with van der Waals surface area (Å²) < 4.78 is 11.6. The molecule has 0 aromatic rings. The molecule has 55 heavy (non-hydrogen) atoms. The van der Waals surface area contributed by atoms with Crippen molar-refractivity contribution in [3.8, 4) is 0 Å². The molecular weight excluding hydrogens is 677 g/mol. The number of carbonyl (C=O) groups is 2. The summed E-state index contributed by atoms with van der Waals surface area (Å²) in [6.45, 7) is 10.3. The van der Waals surface area contributed by atoms with E-state index >= 15 is 0 Å². The minimum Gasteiger partial charge on any atom is -0.465 e. The molecule has 0 rings (SSSR count). The topological polar surface area (TPSA) is 52.6 Å². The molecule has 0 saturated carbocycles. The molecule has 0 aliphatic heterocycles. The summed E-state index contributed by atoms with van der Waals surface area (Å²) in [5.74, 6) is 0.440. The Morgan fingerprint density at radius 1 is 0.273 bits per heavy atom. The Hall–Kier alpha value is -1.06. The Morgan fingerprint density at radius 2 is 0.455 bits per heavy atom. The second-order valence-electron chi connectivity index (χ2n) is 17.6. The maximum atomic E-state index is 12.8. The number of carbonyl (C=O) groups excluding carboxylic acids is 2. The van der Waals surface area contributed by atoms with Gasteiger partial charge in [-0.15, -0.1) is 0 Å². The van der Waals surface area contributed by atoms with E-state index in [2.05, 4.69) is 27.7 Å². The molecule has 4 nitrogen and oxygen atoms in total. The number of ether oxygens (including phenoxy) is 2. The first-order valence-corrected chi connectivity index (χ1v) is 25.4. The average Bonchev–Trinajstić information content (AvgIpc) is 3.19. The molecule has 0 heterocycles. The molecule has 2 unspecified atom stereocenters. The molecule has 0 spiro atoms. The predicted octanol–water partition coefficient (Wildman–Crippen LogP) is 17.4. The highest BCUT2D eigenvalue weighted by Gasteiger charge is 2.20. The molecule has 0 N–H and O–H groups in total. The lowest BCUT2D eigenvalue weighted by Gasteiger charge is -2.16. The molecule has 0 amide bonds. The summed E-state index contributed by atoms with van der Waals surface area (Å²) in [6, 6.07) is 0. The highest BCUT2D eigenvalue weighted by atomic mass is 16.5. The molecule has 0 radical (unpaired) electrons. The van der Waals surface area contributed by atoms with Crippen LogP contribution >= 0.6 is 0 Å². The fourth-order valence-electron chi connectivity index (χ4n) is 8.17. The number of unbranched alkanes of at least 4 members (excludes halogenated alkanes) is 32. The van der Waals surface area contributed by atoms with Crippen LogP contribution in [0.5, 0.6) is 0 Å². The predicted molar refractivity (Wildman–Crippen MR) is 241 cm³/mol. The molecule has 0 aromatic carbocycles. The van der Waals surface area contributed by atoms with E-state index in [0.29, 0.717) is 13.2 Å². The van der Waals surface area contributed by atoms with E-state index in [1.165, 1.54) is 225 Å². The van der Waals surface area contributed by atoms with Crippen molar-refractivity contribution in [2.24, 2.45) is 11.8 Å². The number of esters is 2. The molecule has 2 atom stereocenters. The smallest absolute Gasteiger partial charge is 0.308 e. The van der Waals surface area contributed by atoms with Crippen LogP contribution in [0, 0.1) is 11.8 Å². The number of hydrogen-bond donors (Lipinski definition) is 0. The fourth-order valence-corrected chi connectivity index (χ4v) is 8.17. The van der Waals surface area contributed by atoms with E-state index in [9.17, 15) is 9.59 Å². The molecule has 0 fully saturated rings. The van der Waals surface area contributed by atoms with Crippen LogP contribution in [0.1, 0.15) is 291 Å². The van der Waals surface area contributed by atoms with E-state index in [0.717, 1.165) is 38.5 Å². The maximum Gasteiger partial charge on any atom is 0.308 e. The van der Waals surface area contributed by atoms with Crippen LogP contribution in [-0.2, 0) is 19.1 Å². The summed E-state index contributed by atoms with van der Waals surface area (Å²) >= 11 is 0. The third kappa shape index (κ3) is 39.5. The average molecular weight is 777 g/mol. The molecule has 0 aromatic heterocycles. The highest BCUT2D eigenvalue weighted by molar-refractivity contribution is 5.72. The van der Waals surface area contributed by atoms with Crippen LogP contribution in [-0.4, -0.2) is 25.2 Å². The van der Waals surface area contributed by atoms with E-state index < -0.39 is 0 Å². The zero-order valence-electron chi connectivity index (χ0n) is 38.2. The van der Waals surface area contributed by atoms with Crippen molar-refractivity contribution >= 4 is 11.9 Å². The van der Waals surface area contributed by atoms with Gasteiger partial charge in [0.05, 0.1) is 25.0 Å². The largest absolute Gasteiger partial charge is 0.465 e. The quantitative estimate of drug-likeness (QED) is 0.0456. The van der Waals surface area contributed by atoms with Crippen molar-refractivity contribution in [3.05, 3.63) is 0 Å². The van der Waals surface area contributed by atoms with Gasteiger partial charge in [0.2, 0.25) is 0 Å². The molecule has 0 aliphatic carbocycles. The zero-order valence-corrected chi connectivity index (χ0v) is 38.2. The Kier molecular flexibility index (Phi) is 44.8. The van der Waals surface area contributed by atoms with Gasteiger partial charge in [0, 0.05) is 0 Å². The lowest BCUT2D eigenvalue weighted by Crippen LogP contribution is -2.18. The second-order valence-corrected chi connectivity index (χ2v) is 17.6. The van der Waals surface area contributed by atoms with Crippen LogP contribution in [0.4, 0.5) is 0 Å². The minimum atomic E-state index is 0.0893. The van der Waals surface area contributed by atoms with Crippen LogP contribution in [0.2, 0.25) is 0 Å². The molecule has 0 bridgehead atoms. The van der Waals surface area contributed by atoms with Gasteiger partial charge in [-0.1, -0.05) is 252 Å². The maximum absolute atomic E-state index is 12.8. The van der Waals surface area contributed by atoms with Crippen LogP contribution in [0.15, 0.2) is 0 Å². The van der Waals surface area contributed by atoms with Gasteiger partial charge in [-0.2, -0.15) is 0 Å². The van der Waals surface area contributed by atoms with Crippen molar-refractivity contribution < 1.29 is 19.1 Å². The van der Waals surface area contributed by atoms with Crippen molar-refractivity contribution in [2.45, 2.75) is 291 Å².